The zero-order valence-electron chi connectivity index (χ0n) is 18.1. The number of pyridine rings is 1. The van der Waals surface area contributed by atoms with E-state index in [1.807, 2.05) is 4.98 Å². The van der Waals surface area contributed by atoms with Crippen molar-refractivity contribution < 1.29 is 35.9 Å². The lowest BCUT2D eigenvalue weighted by molar-refractivity contribution is -0.139. The number of aromatic amines is 1. The van der Waals surface area contributed by atoms with E-state index in [1.165, 1.54) is 11.8 Å². The number of rotatable bonds is 4. The number of carbonyl (C=O) groups is 1. The van der Waals surface area contributed by atoms with Crippen molar-refractivity contribution in [1.29, 1.82) is 0 Å². The molecule has 34 heavy (non-hydrogen) atoms. The lowest BCUT2D eigenvalue weighted by Gasteiger charge is -2.39. The second-order valence-corrected chi connectivity index (χ2v) is 7.90. The molecule has 3 rings (SSSR count). The first-order chi connectivity index (χ1) is 15.8. The van der Waals surface area contributed by atoms with Gasteiger partial charge in [0.15, 0.2) is 0 Å². The maximum Gasteiger partial charge on any atom is 0.421 e. The molecule has 1 saturated heterocycles. The van der Waals surface area contributed by atoms with E-state index in [0.717, 1.165) is 6.20 Å². The molecule has 2 aromatic heterocycles. The summed E-state index contributed by atoms with van der Waals surface area (Å²) in [5.74, 6) is 0.0976. The van der Waals surface area contributed by atoms with Crippen molar-refractivity contribution in [2.24, 2.45) is 0 Å². The zero-order valence-corrected chi connectivity index (χ0v) is 18.1. The Kier molecular flexibility index (Phi) is 7.07. The first-order valence-corrected chi connectivity index (χ1v) is 10.2. The highest BCUT2D eigenvalue weighted by Crippen LogP contribution is 2.29. The van der Waals surface area contributed by atoms with Crippen LogP contribution in [0.2, 0.25) is 0 Å². The van der Waals surface area contributed by atoms with Crippen LogP contribution >= 0.6 is 0 Å². The summed E-state index contributed by atoms with van der Waals surface area (Å²) in [5, 5.41) is 0. The number of alkyl halides is 6. The largest absolute Gasteiger partial charge is 0.446 e. The van der Waals surface area contributed by atoms with Crippen LogP contribution in [-0.2, 0) is 23.5 Å². The van der Waals surface area contributed by atoms with Gasteiger partial charge in [-0.25, -0.2) is 14.8 Å². The molecule has 1 aliphatic rings. The van der Waals surface area contributed by atoms with E-state index in [-0.39, 0.29) is 43.6 Å². The van der Waals surface area contributed by atoms with Gasteiger partial charge in [-0.2, -0.15) is 26.3 Å². The molecule has 0 radical (unpaired) electrons. The van der Waals surface area contributed by atoms with Gasteiger partial charge in [-0.3, -0.25) is 4.79 Å². The molecule has 0 aromatic carbocycles. The third kappa shape index (κ3) is 5.97. The number of nitrogens with one attached hydrogen (secondary N) is 1. The van der Waals surface area contributed by atoms with Crippen molar-refractivity contribution in [2.75, 3.05) is 24.5 Å². The highest BCUT2D eigenvalue weighted by atomic mass is 19.4. The Labute approximate surface area is 189 Å². The fourth-order valence-corrected chi connectivity index (χ4v) is 3.51. The van der Waals surface area contributed by atoms with Gasteiger partial charge in [0.1, 0.15) is 11.7 Å². The van der Waals surface area contributed by atoms with Crippen molar-refractivity contribution in [3.8, 4) is 0 Å². The molecule has 0 saturated carbocycles. The maximum atomic E-state index is 12.9. The van der Waals surface area contributed by atoms with Crippen molar-refractivity contribution >= 4 is 12.0 Å². The fourth-order valence-electron chi connectivity index (χ4n) is 3.51. The minimum Gasteiger partial charge on any atom is -0.446 e. The van der Waals surface area contributed by atoms with Crippen LogP contribution < -0.4 is 10.5 Å². The molecule has 1 fully saturated rings. The second-order valence-electron chi connectivity index (χ2n) is 7.90. The van der Waals surface area contributed by atoms with Crippen LogP contribution in [0.1, 0.15) is 30.5 Å². The van der Waals surface area contributed by atoms with Crippen LogP contribution in [0, 0.1) is 0 Å². The van der Waals surface area contributed by atoms with Crippen LogP contribution in [0.25, 0.3) is 0 Å². The number of anilines is 1. The van der Waals surface area contributed by atoms with E-state index in [1.54, 1.807) is 11.8 Å². The van der Waals surface area contributed by atoms with Gasteiger partial charge < -0.3 is 19.5 Å². The lowest BCUT2D eigenvalue weighted by atomic mass is 10.1. The van der Waals surface area contributed by atoms with Gasteiger partial charge >= 0.3 is 18.4 Å². The number of hydrogen-bond acceptors (Lipinski definition) is 6. The van der Waals surface area contributed by atoms with Gasteiger partial charge in [-0.05, 0) is 25.5 Å². The van der Waals surface area contributed by atoms with Gasteiger partial charge in [0.2, 0.25) is 5.95 Å². The molecule has 3 heterocycles. The summed E-state index contributed by atoms with van der Waals surface area (Å²) in [5.41, 5.74) is -3.42. The smallest absolute Gasteiger partial charge is 0.421 e. The zero-order chi connectivity index (χ0) is 25.3. The number of ether oxygens (including phenoxy) is 1. The SMILES string of the molecule is C[C@@H](Cc1c[nH]c(=O)c(C(F)(F)F)c1)OC(=O)N1CCN(c2ncc(C(F)(F)F)cn2)[C@@H](C)C1. The Morgan fingerprint density at radius 2 is 1.82 bits per heavy atom. The van der Waals surface area contributed by atoms with Gasteiger partial charge in [0.25, 0.3) is 5.56 Å². The summed E-state index contributed by atoms with van der Waals surface area (Å²) in [6.07, 6.45) is -8.37. The molecule has 0 spiro atoms. The summed E-state index contributed by atoms with van der Waals surface area (Å²) in [4.78, 5) is 36.5. The average molecular weight is 493 g/mol. The number of aromatic nitrogens is 3. The van der Waals surface area contributed by atoms with Crippen LogP contribution in [-0.4, -0.2) is 57.7 Å². The summed E-state index contributed by atoms with van der Waals surface area (Å²) in [7, 11) is 0. The molecular weight excluding hydrogens is 472 g/mol. The Bertz CT molecular complexity index is 1070. The van der Waals surface area contributed by atoms with Gasteiger partial charge in [-0.15, -0.1) is 0 Å². The molecule has 186 valence electrons. The van der Waals surface area contributed by atoms with E-state index < -0.39 is 41.2 Å². The first-order valence-electron chi connectivity index (χ1n) is 10.2. The maximum absolute atomic E-state index is 12.9. The molecular formula is C20H21F6N5O3. The lowest BCUT2D eigenvalue weighted by Crippen LogP contribution is -2.54. The van der Waals surface area contributed by atoms with E-state index >= 15 is 0 Å². The third-order valence-corrected chi connectivity index (χ3v) is 5.20. The predicted molar refractivity (Wildman–Crippen MR) is 107 cm³/mol. The molecule has 2 aromatic rings. The Morgan fingerprint density at radius 1 is 1.18 bits per heavy atom. The second kappa shape index (κ2) is 9.50. The highest BCUT2D eigenvalue weighted by molar-refractivity contribution is 5.68. The number of H-pyrrole nitrogens is 1. The molecule has 0 unspecified atom stereocenters. The molecule has 1 aliphatic heterocycles. The molecule has 14 heteroatoms. The Balaban J connectivity index is 1.57. The summed E-state index contributed by atoms with van der Waals surface area (Å²) in [6.45, 7) is 3.84. The quantitative estimate of drug-likeness (QED) is 0.656. The molecule has 2 atom stereocenters. The molecule has 0 bridgehead atoms. The van der Waals surface area contributed by atoms with Gasteiger partial charge in [0, 0.05) is 50.7 Å². The number of hydrogen-bond donors (Lipinski definition) is 1. The summed E-state index contributed by atoms with van der Waals surface area (Å²) >= 11 is 0. The van der Waals surface area contributed by atoms with E-state index in [4.69, 9.17) is 4.74 Å². The Morgan fingerprint density at radius 3 is 2.38 bits per heavy atom. The van der Waals surface area contributed by atoms with E-state index in [0.29, 0.717) is 18.5 Å². The number of nitrogens with zero attached hydrogens (tertiary/aromatic N) is 4. The van der Waals surface area contributed by atoms with Gasteiger partial charge in [-0.1, -0.05) is 0 Å². The van der Waals surface area contributed by atoms with Crippen molar-refractivity contribution in [2.45, 2.75) is 44.8 Å². The van der Waals surface area contributed by atoms with Crippen molar-refractivity contribution in [3.05, 3.63) is 51.7 Å². The molecule has 0 aliphatic carbocycles. The molecule has 1 N–H and O–H groups in total. The first kappa shape index (κ1) is 25.3. The van der Waals surface area contributed by atoms with Crippen LogP contribution in [0.4, 0.5) is 37.1 Å². The third-order valence-electron chi connectivity index (χ3n) is 5.20. The van der Waals surface area contributed by atoms with E-state index in [9.17, 15) is 35.9 Å². The van der Waals surface area contributed by atoms with Gasteiger partial charge in [0.05, 0.1) is 5.56 Å². The molecule has 8 nitrogen and oxygen atoms in total. The Hall–Kier alpha value is -3.32. The van der Waals surface area contributed by atoms with Crippen molar-refractivity contribution in [3.63, 3.8) is 0 Å². The standard InChI is InChI=1S/C20H21F6N5O3/c1-11-10-30(3-4-31(11)17-28-8-14(9-29-17)19(21,22)23)18(33)34-12(2)5-13-6-15(20(24,25)26)16(32)27-7-13/h6-9,11-12H,3-5,10H2,1-2H3,(H,27,32)/t11-,12-/m0/s1. The number of amides is 1. The topological polar surface area (TPSA) is 91.4 Å². The van der Waals surface area contributed by atoms with Crippen LogP contribution in [0.3, 0.4) is 0 Å². The normalized spacial score (nSPS) is 18.1. The average Bonchev–Trinajstić information content (AvgIpc) is 2.73. The van der Waals surface area contributed by atoms with Crippen LogP contribution in [0.15, 0.2) is 29.5 Å². The minimum atomic E-state index is -4.81. The number of piperazine rings is 1. The fraction of sp³-hybridized carbons (Fsp3) is 0.500. The summed E-state index contributed by atoms with van der Waals surface area (Å²) < 4.78 is 82.1. The van der Waals surface area contributed by atoms with Crippen molar-refractivity contribution in [1.82, 2.24) is 19.9 Å². The van der Waals surface area contributed by atoms with Crippen LogP contribution in [0.5, 0.6) is 0 Å². The molecule has 1 amide bonds. The number of carbonyl (C=O) groups excluding carboxylic acids is 1. The highest BCUT2D eigenvalue weighted by Gasteiger charge is 2.35. The predicted octanol–water partition coefficient (Wildman–Crippen LogP) is 3.48. The minimum absolute atomic E-state index is 0.0550. The van der Waals surface area contributed by atoms with E-state index in [2.05, 4.69) is 9.97 Å². The number of halogens is 6. The summed E-state index contributed by atoms with van der Waals surface area (Å²) in [6, 6.07) is 0.385. The monoisotopic (exact) mass is 493 g/mol.